The molecule has 1 aromatic heterocycles. The van der Waals surface area contributed by atoms with Crippen LogP contribution in [0, 0.1) is 11.8 Å². The highest BCUT2D eigenvalue weighted by atomic mass is 15.1. The third-order valence-corrected chi connectivity index (χ3v) is 4.61. The zero-order chi connectivity index (χ0) is 15.1. The van der Waals surface area contributed by atoms with Gasteiger partial charge >= 0.3 is 0 Å². The Kier molecular flexibility index (Phi) is 6.65. The zero-order valence-electron chi connectivity index (χ0n) is 13.9. The number of pyridine rings is 1. The zero-order valence-corrected chi connectivity index (χ0v) is 13.9. The van der Waals surface area contributed by atoms with Gasteiger partial charge in [0.1, 0.15) is 0 Å². The summed E-state index contributed by atoms with van der Waals surface area (Å²) in [7, 11) is 2.23. The maximum Gasteiger partial charge on any atom is 0.0543 e. The molecule has 1 aromatic rings. The minimum atomic E-state index is 0.701. The Balaban J connectivity index is 1.87. The summed E-state index contributed by atoms with van der Waals surface area (Å²) in [6.45, 7) is 7.93. The summed E-state index contributed by atoms with van der Waals surface area (Å²) in [4.78, 5) is 6.87. The first-order valence-electron chi connectivity index (χ1n) is 8.50. The molecule has 118 valence electrons. The molecule has 0 spiro atoms. The lowest BCUT2D eigenvalue weighted by Crippen LogP contribution is -2.45. The van der Waals surface area contributed by atoms with Crippen molar-refractivity contribution in [2.24, 2.45) is 11.8 Å². The van der Waals surface area contributed by atoms with Gasteiger partial charge in [0.2, 0.25) is 0 Å². The van der Waals surface area contributed by atoms with Crippen LogP contribution in [0.3, 0.4) is 0 Å². The molecule has 21 heavy (non-hydrogen) atoms. The van der Waals surface area contributed by atoms with Crippen LogP contribution in [0.15, 0.2) is 24.4 Å². The Bertz CT molecular complexity index is 391. The smallest absolute Gasteiger partial charge is 0.0543 e. The maximum atomic E-state index is 4.44. The normalized spacial score (nSPS) is 26.2. The van der Waals surface area contributed by atoms with Gasteiger partial charge in [-0.05, 0) is 63.2 Å². The maximum absolute atomic E-state index is 4.44. The van der Waals surface area contributed by atoms with E-state index in [0.717, 1.165) is 24.9 Å². The molecular weight excluding hydrogens is 258 g/mol. The standard InChI is InChI=1S/C18H31N3/c1-4-10-20-18-9-8-15(2)12-16(18)13-21(3)14-17-7-5-6-11-19-17/h5-7,11,15-16,18,20H,4,8-10,12-14H2,1-3H3. The van der Waals surface area contributed by atoms with Crippen LogP contribution in [-0.2, 0) is 6.54 Å². The van der Waals surface area contributed by atoms with Crippen LogP contribution in [0.2, 0.25) is 0 Å². The fourth-order valence-electron chi connectivity index (χ4n) is 3.53. The van der Waals surface area contributed by atoms with E-state index in [4.69, 9.17) is 0 Å². The van der Waals surface area contributed by atoms with E-state index in [2.05, 4.69) is 48.2 Å². The summed E-state index contributed by atoms with van der Waals surface area (Å²) in [6.07, 6.45) is 7.18. The first-order valence-corrected chi connectivity index (χ1v) is 8.50. The van der Waals surface area contributed by atoms with Gasteiger partial charge in [-0.15, -0.1) is 0 Å². The van der Waals surface area contributed by atoms with Gasteiger partial charge in [-0.1, -0.05) is 19.9 Å². The molecule has 0 aliphatic heterocycles. The molecule has 0 amide bonds. The quantitative estimate of drug-likeness (QED) is 0.834. The average molecular weight is 289 g/mol. The molecule has 1 heterocycles. The second-order valence-corrected chi connectivity index (χ2v) is 6.76. The summed E-state index contributed by atoms with van der Waals surface area (Å²) in [5, 5.41) is 3.77. The van der Waals surface area contributed by atoms with Crippen molar-refractivity contribution in [3.05, 3.63) is 30.1 Å². The molecule has 3 unspecified atom stereocenters. The monoisotopic (exact) mass is 289 g/mol. The van der Waals surface area contributed by atoms with Crippen molar-refractivity contribution >= 4 is 0 Å². The molecule has 1 aliphatic carbocycles. The lowest BCUT2D eigenvalue weighted by molar-refractivity contribution is 0.156. The molecule has 0 aromatic carbocycles. The molecule has 0 radical (unpaired) electrons. The Morgan fingerprint density at radius 3 is 2.90 bits per heavy atom. The first-order chi connectivity index (χ1) is 10.2. The number of rotatable bonds is 7. The molecule has 3 nitrogen and oxygen atoms in total. The predicted molar refractivity (Wildman–Crippen MR) is 89.2 cm³/mol. The summed E-state index contributed by atoms with van der Waals surface area (Å²) in [5.74, 6) is 1.65. The highest BCUT2D eigenvalue weighted by Gasteiger charge is 2.28. The van der Waals surface area contributed by atoms with Crippen LogP contribution >= 0.6 is 0 Å². The highest BCUT2D eigenvalue weighted by Crippen LogP contribution is 2.29. The van der Waals surface area contributed by atoms with Gasteiger partial charge in [0.05, 0.1) is 5.69 Å². The van der Waals surface area contributed by atoms with Crippen molar-refractivity contribution in [2.75, 3.05) is 20.1 Å². The number of hydrogen-bond donors (Lipinski definition) is 1. The van der Waals surface area contributed by atoms with Crippen LogP contribution in [0.4, 0.5) is 0 Å². The van der Waals surface area contributed by atoms with Crippen molar-refractivity contribution in [1.82, 2.24) is 15.2 Å². The van der Waals surface area contributed by atoms with Crippen molar-refractivity contribution < 1.29 is 0 Å². The number of nitrogens with zero attached hydrogens (tertiary/aromatic N) is 2. The Morgan fingerprint density at radius 2 is 2.19 bits per heavy atom. The van der Waals surface area contributed by atoms with Crippen molar-refractivity contribution in [1.29, 1.82) is 0 Å². The molecular formula is C18H31N3. The molecule has 2 rings (SSSR count). The van der Waals surface area contributed by atoms with E-state index >= 15 is 0 Å². The molecule has 0 saturated heterocycles. The fourth-order valence-corrected chi connectivity index (χ4v) is 3.53. The molecule has 0 bridgehead atoms. The molecule has 1 N–H and O–H groups in total. The Hall–Kier alpha value is -0.930. The van der Waals surface area contributed by atoms with E-state index in [0.29, 0.717) is 6.04 Å². The molecule has 1 saturated carbocycles. The summed E-state index contributed by atoms with van der Waals surface area (Å²) in [5.41, 5.74) is 1.17. The average Bonchev–Trinajstić information content (AvgIpc) is 2.47. The van der Waals surface area contributed by atoms with Gasteiger partial charge in [-0.3, -0.25) is 4.98 Å². The van der Waals surface area contributed by atoms with Crippen molar-refractivity contribution in [3.8, 4) is 0 Å². The third-order valence-electron chi connectivity index (χ3n) is 4.61. The van der Waals surface area contributed by atoms with Crippen molar-refractivity contribution in [3.63, 3.8) is 0 Å². The number of hydrogen-bond acceptors (Lipinski definition) is 3. The summed E-state index contributed by atoms with van der Waals surface area (Å²) >= 11 is 0. The van der Waals surface area contributed by atoms with Crippen molar-refractivity contribution in [2.45, 2.75) is 52.1 Å². The predicted octanol–water partition coefficient (Wildman–Crippen LogP) is 3.32. The molecule has 1 fully saturated rings. The second kappa shape index (κ2) is 8.50. The van der Waals surface area contributed by atoms with E-state index < -0.39 is 0 Å². The van der Waals surface area contributed by atoms with E-state index in [1.165, 1.54) is 37.9 Å². The van der Waals surface area contributed by atoms with E-state index in [1.54, 1.807) is 0 Å². The Morgan fingerprint density at radius 1 is 1.33 bits per heavy atom. The van der Waals surface area contributed by atoms with Crippen LogP contribution in [-0.4, -0.2) is 36.1 Å². The van der Waals surface area contributed by atoms with Gasteiger partial charge in [0, 0.05) is 25.3 Å². The van der Waals surface area contributed by atoms with Gasteiger partial charge in [-0.2, -0.15) is 0 Å². The van der Waals surface area contributed by atoms with Gasteiger partial charge < -0.3 is 10.2 Å². The summed E-state index contributed by atoms with van der Waals surface area (Å²) < 4.78 is 0. The minimum absolute atomic E-state index is 0.701. The third kappa shape index (κ3) is 5.40. The SMILES string of the molecule is CCCNC1CCC(C)CC1CN(C)Cc1ccccn1. The summed E-state index contributed by atoms with van der Waals surface area (Å²) in [6, 6.07) is 6.88. The van der Waals surface area contributed by atoms with Gasteiger partial charge in [0.15, 0.2) is 0 Å². The van der Waals surface area contributed by atoms with Gasteiger partial charge in [-0.25, -0.2) is 0 Å². The molecule has 1 aliphatic rings. The highest BCUT2D eigenvalue weighted by molar-refractivity contribution is 5.03. The molecule has 3 heteroatoms. The van der Waals surface area contributed by atoms with Crippen LogP contribution in [0.25, 0.3) is 0 Å². The van der Waals surface area contributed by atoms with Crippen LogP contribution < -0.4 is 5.32 Å². The van der Waals surface area contributed by atoms with E-state index in [9.17, 15) is 0 Å². The van der Waals surface area contributed by atoms with Gasteiger partial charge in [0.25, 0.3) is 0 Å². The topological polar surface area (TPSA) is 28.2 Å². The molecule has 3 atom stereocenters. The van der Waals surface area contributed by atoms with Crippen LogP contribution in [0.1, 0.15) is 45.2 Å². The first kappa shape index (κ1) is 16.4. The van der Waals surface area contributed by atoms with E-state index in [1.807, 2.05) is 12.3 Å². The second-order valence-electron chi connectivity index (χ2n) is 6.76. The lowest BCUT2D eigenvalue weighted by Gasteiger charge is -2.37. The van der Waals surface area contributed by atoms with Crippen LogP contribution in [0.5, 0.6) is 0 Å². The van der Waals surface area contributed by atoms with E-state index in [-0.39, 0.29) is 0 Å². The largest absolute Gasteiger partial charge is 0.314 e. The fraction of sp³-hybridized carbons (Fsp3) is 0.722. The Labute approximate surface area is 130 Å². The number of aromatic nitrogens is 1. The minimum Gasteiger partial charge on any atom is -0.314 e. The number of nitrogens with one attached hydrogen (secondary N) is 1. The lowest BCUT2D eigenvalue weighted by atomic mass is 9.78.